The van der Waals surface area contributed by atoms with Gasteiger partial charge >= 0.3 is 0 Å². The molecule has 0 amide bonds. The Balaban J connectivity index is 1.91. The zero-order chi connectivity index (χ0) is 14.7. The Morgan fingerprint density at radius 3 is 2.62 bits per heavy atom. The molecule has 1 aliphatic heterocycles. The van der Waals surface area contributed by atoms with Crippen molar-refractivity contribution in [2.75, 3.05) is 19.8 Å². The van der Waals surface area contributed by atoms with Crippen LogP contribution in [0.1, 0.15) is 44.2 Å². The summed E-state index contributed by atoms with van der Waals surface area (Å²) in [5, 5.41) is 0. The predicted octanol–water partition coefficient (Wildman–Crippen LogP) is 2.31. The molecule has 1 atom stereocenters. The molecule has 5 heteroatoms. The Labute approximate surface area is 125 Å². The molecule has 0 spiro atoms. The van der Waals surface area contributed by atoms with Crippen LogP contribution in [0.4, 0.5) is 0 Å². The average Bonchev–Trinajstić information content (AvgIpc) is 2.97. The predicted molar refractivity (Wildman–Crippen MR) is 80.3 cm³/mol. The topological polar surface area (TPSA) is 65.7 Å². The van der Waals surface area contributed by atoms with E-state index >= 15 is 0 Å². The summed E-state index contributed by atoms with van der Waals surface area (Å²) in [6, 6.07) is 6.01. The normalized spacial score (nSPS) is 21.2. The fourth-order valence-corrected chi connectivity index (χ4v) is 3.57. The molecular formula is C16H24N2O3. The van der Waals surface area contributed by atoms with Gasteiger partial charge in [-0.3, -0.25) is 11.3 Å². The number of fused-ring (bicyclic) bond motifs is 1. The number of ether oxygens (including phenoxy) is 3. The number of hydrogen-bond acceptors (Lipinski definition) is 5. The van der Waals surface area contributed by atoms with E-state index in [4.69, 9.17) is 20.1 Å². The first-order valence-corrected chi connectivity index (χ1v) is 7.79. The summed E-state index contributed by atoms with van der Waals surface area (Å²) >= 11 is 0. The van der Waals surface area contributed by atoms with Crippen LogP contribution in [-0.4, -0.2) is 25.4 Å². The van der Waals surface area contributed by atoms with Gasteiger partial charge in [-0.2, -0.15) is 0 Å². The maximum atomic E-state index is 6.13. The van der Waals surface area contributed by atoms with Crippen molar-refractivity contribution in [2.45, 2.75) is 44.2 Å². The Bertz CT molecular complexity index is 486. The third kappa shape index (κ3) is 2.73. The molecule has 1 aromatic carbocycles. The first-order chi connectivity index (χ1) is 10.3. The van der Waals surface area contributed by atoms with Crippen molar-refractivity contribution in [3.05, 3.63) is 23.8 Å². The molecule has 0 radical (unpaired) electrons. The Morgan fingerprint density at radius 2 is 1.95 bits per heavy atom. The SMILES string of the molecule is CCOC1(C(NN)c2ccc3c(c2)OCCO3)CCCC1. The second kappa shape index (κ2) is 6.22. The molecule has 3 N–H and O–H groups in total. The fraction of sp³-hybridized carbons (Fsp3) is 0.625. The van der Waals surface area contributed by atoms with Gasteiger partial charge in [0.05, 0.1) is 11.6 Å². The van der Waals surface area contributed by atoms with Gasteiger partial charge in [0.15, 0.2) is 11.5 Å². The zero-order valence-electron chi connectivity index (χ0n) is 12.6. The van der Waals surface area contributed by atoms with E-state index in [-0.39, 0.29) is 11.6 Å². The first kappa shape index (κ1) is 14.6. The lowest BCUT2D eigenvalue weighted by molar-refractivity contribution is -0.0627. The number of rotatable bonds is 5. The summed E-state index contributed by atoms with van der Waals surface area (Å²) in [6.07, 6.45) is 4.43. The van der Waals surface area contributed by atoms with Crippen molar-refractivity contribution in [1.82, 2.24) is 5.43 Å². The maximum absolute atomic E-state index is 6.13. The largest absolute Gasteiger partial charge is 0.486 e. The van der Waals surface area contributed by atoms with Gasteiger partial charge in [-0.25, -0.2) is 0 Å². The van der Waals surface area contributed by atoms with Crippen molar-refractivity contribution < 1.29 is 14.2 Å². The van der Waals surface area contributed by atoms with E-state index < -0.39 is 0 Å². The van der Waals surface area contributed by atoms with E-state index in [0.717, 1.165) is 29.9 Å². The highest BCUT2D eigenvalue weighted by Crippen LogP contribution is 2.44. The lowest BCUT2D eigenvalue weighted by atomic mass is 9.87. The number of benzene rings is 1. The Kier molecular flexibility index (Phi) is 4.33. The first-order valence-electron chi connectivity index (χ1n) is 7.79. The maximum Gasteiger partial charge on any atom is 0.161 e. The van der Waals surface area contributed by atoms with Gasteiger partial charge < -0.3 is 14.2 Å². The van der Waals surface area contributed by atoms with E-state index in [2.05, 4.69) is 11.5 Å². The smallest absolute Gasteiger partial charge is 0.161 e. The Morgan fingerprint density at radius 1 is 1.24 bits per heavy atom. The van der Waals surface area contributed by atoms with Crippen LogP contribution in [0.5, 0.6) is 11.5 Å². The van der Waals surface area contributed by atoms with Gasteiger partial charge in [-0.1, -0.05) is 18.9 Å². The quantitative estimate of drug-likeness (QED) is 0.644. The van der Waals surface area contributed by atoms with E-state index in [1.54, 1.807) is 0 Å². The molecule has 3 rings (SSSR count). The highest BCUT2D eigenvalue weighted by molar-refractivity contribution is 5.45. The molecule has 1 saturated carbocycles. The summed E-state index contributed by atoms with van der Waals surface area (Å²) in [6.45, 7) is 3.93. The van der Waals surface area contributed by atoms with E-state index in [0.29, 0.717) is 19.8 Å². The number of hydrogen-bond donors (Lipinski definition) is 2. The standard InChI is InChI=1S/C16H24N2O3/c1-2-21-16(7-3-4-8-16)15(18-17)12-5-6-13-14(11-12)20-10-9-19-13/h5-6,11,15,18H,2-4,7-10,17H2,1H3. The fourth-order valence-electron chi connectivity index (χ4n) is 3.57. The zero-order valence-corrected chi connectivity index (χ0v) is 12.6. The number of hydrazine groups is 1. The lowest BCUT2D eigenvalue weighted by Gasteiger charge is -2.37. The van der Waals surface area contributed by atoms with Gasteiger partial charge in [0.2, 0.25) is 0 Å². The van der Waals surface area contributed by atoms with Crippen molar-refractivity contribution in [3.8, 4) is 11.5 Å². The average molecular weight is 292 g/mol. The van der Waals surface area contributed by atoms with Gasteiger partial charge in [0.1, 0.15) is 13.2 Å². The summed E-state index contributed by atoms with van der Waals surface area (Å²) in [7, 11) is 0. The molecule has 1 fully saturated rings. The van der Waals surface area contributed by atoms with Crippen LogP contribution in [0.25, 0.3) is 0 Å². The second-order valence-corrected chi connectivity index (χ2v) is 5.71. The minimum atomic E-state index is -0.215. The van der Waals surface area contributed by atoms with Gasteiger partial charge in [-0.05, 0) is 37.5 Å². The molecule has 1 aliphatic carbocycles. The van der Waals surface area contributed by atoms with Crippen LogP contribution in [0.2, 0.25) is 0 Å². The van der Waals surface area contributed by atoms with E-state index in [9.17, 15) is 0 Å². The van der Waals surface area contributed by atoms with E-state index in [1.807, 2.05) is 19.1 Å². The van der Waals surface area contributed by atoms with Gasteiger partial charge in [0, 0.05) is 6.61 Å². The lowest BCUT2D eigenvalue weighted by Crippen LogP contribution is -2.47. The highest BCUT2D eigenvalue weighted by atomic mass is 16.6. The van der Waals surface area contributed by atoms with Crippen LogP contribution in [0.3, 0.4) is 0 Å². The minimum absolute atomic E-state index is 0.0317. The van der Waals surface area contributed by atoms with E-state index in [1.165, 1.54) is 12.8 Å². The molecule has 0 aromatic heterocycles. The number of nitrogens with one attached hydrogen (secondary N) is 1. The van der Waals surface area contributed by atoms with Gasteiger partial charge in [-0.15, -0.1) is 0 Å². The molecule has 21 heavy (non-hydrogen) atoms. The molecular weight excluding hydrogens is 268 g/mol. The third-order valence-electron chi connectivity index (χ3n) is 4.47. The van der Waals surface area contributed by atoms with Crippen LogP contribution in [0.15, 0.2) is 18.2 Å². The van der Waals surface area contributed by atoms with Crippen molar-refractivity contribution in [2.24, 2.45) is 5.84 Å². The molecule has 2 aliphatic rings. The van der Waals surface area contributed by atoms with Crippen molar-refractivity contribution in [1.29, 1.82) is 0 Å². The second-order valence-electron chi connectivity index (χ2n) is 5.71. The van der Waals surface area contributed by atoms with Crippen LogP contribution in [0, 0.1) is 0 Å². The molecule has 1 unspecified atom stereocenters. The minimum Gasteiger partial charge on any atom is -0.486 e. The van der Waals surface area contributed by atoms with Crippen LogP contribution >= 0.6 is 0 Å². The van der Waals surface area contributed by atoms with Crippen molar-refractivity contribution in [3.63, 3.8) is 0 Å². The third-order valence-corrected chi connectivity index (χ3v) is 4.47. The number of nitrogens with two attached hydrogens (primary N) is 1. The highest BCUT2D eigenvalue weighted by Gasteiger charge is 2.42. The Hall–Kier alpha value is -1.30. The summed E-state index contributed by atoms with van der Waals surface area (Å²) in [4.78, 5) is 0. The molecule has 116 valence electrons. The molecule has 5 nitrogen and oxygen atoms in total. The van der Waals surface area contributed by atoms with Crippen molar-refractivity contribution >= 4 is 0 Å². The van der Waals surface area contributed by atoms with Crippen LogP contribution in [-0.2, 0) is 4.74 Å². The molecule has 0 bridgehead atoms. The molecule has 0 saturated heterocycles. The van der Waals surface area contributed by atoms with Gasteiger partial charge in [0.25, 0.3) is 0 Å². The molecule has 1 aromatic rings. The monoisotopic (exact) mass is 292 g/mol. The molecule has 1 heterocycles. The van der Waals surface area contributed by atoms with Crippen LogP contribution < -0.4 is 20.7 Å². The summed E-state index contributed by atoms with van der Waals surface area (Å²) in [5.74, 6) is 7.47. The summed E-state index contributed by atoms with van der Waals surface area (Å²) < 4.78 is 17.4. The summed E-state index contributed by atoms with van der Waals surface area (Å²) in [5.41, 5.74) is 3.85.